The van der Waals surface area contributed by atoms with Crippen LogP contribution in [0.25, 0.3) is 0 Å². The molecule has 2 saturated heterocycles. The van der Waals surface area contributed by atoms with E-state index < -0.39 is 0 Å². The first-order valence-corrected chi connectivity index (χ1v) is 9.46. The number of anilines is 2. The Hall–Kier alpha value is -3.23. The number of rotatable bonds is 4. The van der Waals surface area contributed by atoms with Gasteiger partial charge in [-0.05, 0) is 18.2 Å². The van der Waals surface area contributed by atoms with Crippen LogP contribution in [0.15, 0.2) is 36.8 Å². The van der Waals surface area contributed by atoms with Crippen LogP contribution < -0.4 is 9.80 Å². The van der Waals surface area contributed by atoms with Crippen molar-refractivity contribution in [2.24, 2.45) is 0 Å². The summed E-state index contributed by atoms with van der Waals surface area (Å²) in [5, 5.41) is 0. The van der Waals surface area contributed by atoms with E-state index in [4.69, 9.17) is 0 Å². The van der Waals surface area contributed by atoms with Crippen molar-refractivity contribution in [3.05, 3.63) is 42.4 Å². The second-order valence-corrected chi connectivity index (χ2v) is 6.86. The van der Waals surface area contributed by atoms with E-state index in [2.05, 4.69) is 24.8 Å². The van der Waals surface area contributed by atoms with Crippen LogP contribution in [0.2, 0.25) is 0 Å². The van der Waals surface area contributed by atoms with E-state index in [1.807, 2.05) is 11.0 Å². The standard InChI is InChI=1S/C19H23N7O2/c27-15-23-6-8-24(9-7-23)17-14-16(2-5-20-17)18(28)25-10-12-26(13-11-25)19-21-3-1-4-22-19/h1-5,14-15H,6-13H2. The van der Waals surface area contributed by atoms with Crippen LogP contribution in [-0.2, 0) is 4.79 Å². The average Bonchev–Trinajstić information content (AvgIpc) is 2.79. The van der Waals surface area contributed by atoms with Gasteiger partial charge in [0.15, 0.2) is 0 Å². The summed E-state index contributed by atoms with van der Waals surface area (Å²) < 4.78 is 0. The van der Waals surface area contributed by atoms with Crippen molar-refractivity contribution >= 4 is 24.1 Å². The Morgan fingerprint density at radius 3 is 2.21 bits per heavy atom. The molecule has 2 aromatic heterocycles. The van der Waals surface area contributed by atoms with Gasteiger partial charge >= 0.3 is 0 Å². The fraction of sp³-hybridized carbons (Fsp3) is 0.421. The molecule has 0 saturated carbocycles. The number of carbonyl (C=O) groups excluding carboxylic acids is 2. The minimum Gasteiger partial charge on any atom is -0.353 e. The quantitative estimate of drug-likeness (QED) is 0.695. The Morgan fingerprint density at radius 2 is 1.54 bits per heavy atom. The number of amides is 2. The lowest BCUT2D eigenvalue weighted by Crippen LogP contribution is -2.49. The highest BCUT2D eigenvalue weighted by Gasteiger charge is 2.24. The molecule has 0 bridgehead atoms. The molecule has 0 radical (unpaired) electrons. The van der Waals surface area contributed by atoms with Gasteiger partial charge in [-0.1, -0.05) is 0 Å². The molecule has 0 N–H and O–H groups in total. The van der Waals surface area contributed by atoms with Crippen LogP contribution in [0.1, 0.15) is 10.4 Å². The molecule has 2 amide bonds. The molecule has 4 rings (SSSR count). The number of hydrogen-bond acceptors (Lipinski definition) is 7. The first-order chi connectivity index (χ1) is 13.7. The van der Waals surface area contributed by atoms with Gasteiger partial charge in [0.2, 0.25) is 12.4 Å². The lowest BCUT2D eigenvalue weighted by atomic mass is 10.2. The fourth-order valence-corrected chi connectivity index (χ4v) is 3.53. The van der Waals surface area contributed by atoms with Gasteiger partial charge in [0.1, 0.15) is 5.82 Å². The summed E-state index contributed by atoms with van der Waals surface area (Å²) in [6, 6.07) is 5.41. The topological polar surface area (TPSA) is 85.8 Å². The van der Waals surface area contributed by atoms with E-state index in [9.17, 15) is 9.59 Å². The van der Waals surface area contributed by atoms with E-state index in [1.54, 1.807) is 35.6 Å². The Kier molecular flexibility index (Phi) is 5.31. The van der Waals surface area contributed by atoms with E-state index >= 15 is 0 Å². The number of piperazine rings is 2. The van der Waals surface area contributed by atoms with Crippen molar-refractivity contribution in [3.63, 3.8) is 0 Å². The van der Waals surface area contributed by atoms with Gasteiger partial charge in [-0.15, -0.1) is 0 Å². The van der Waals surface area contributed by atoms with Gasteiger partial charge in [-0.3, -0.25) is 9.59 Å². The van der Waals surface area contributed by atoms with Crippen LogP contribution in [0.3, 0.4) is 0 Å². The third kappa shape index (κ3) is 3.88. The number of aromatic nitrogens is 3. The minimum atomic E-state index is 0.0174. The number of pyridine rings is 1. The third-order valence-corrected chi connectivity index (χ3v) is 5.18. The van der Waals surface area contributed by atoms with Crippen LogP contribution in [-0.4, -0.2) is 89.4 Å². The SMILES string of the molecule is O=CN1CCN(c2cc(C(=O)N3CCN(c4ncccn4)CC3)ccn2)CC1. The zero-order valence-electron chi connectivity index (χ0n) is 15.6. The summed E-state index contributed by atoms with van der Waals surface area (Å²) in [5.41, 5.74) is 0.646. The molecule has 2 aliphatic heterocycles. The van der Waals surface area contributed by atoms with Gasteiger partial charge < -0.3 is 19.6 Å². The first-order valence-electron chi connectivity index (χ1n) is 9.46. The Morgan fingerprint density at radius 1 is 0.857 bits per heavy atom. The van der Waals surface area contributed by atoms with Crippen LogP contribution in [0.4, 0.5) is 11.8 Å². The smallest absolute Gasteiger partial charge is 0.254 e. The second-order valence-electron chi connectivity index (χ2n) is 6.86. The van der Waals surface area contributed by atoms with E-state index in [1.165, 1.54) is 0 Å². The molecule has 2 fully saturated rings. The molecule has 0 aliphatic carbocycles. The molecule has 2 aliphatic rings. The zero-order chi connectivity index (χ0) is 19.3. The molecule has 0 unspecified atom stereocenters. The van der Waals surface area contributed by atoms with Gasteiger partial charge in [0, 0.05) is 76.5 Å². The summed E-state index contributed by atoms with van der Waals surface area (Å²) in [5.74, 6) is 1.51. The van der Waals surface area contributed by atoms with Crippen molar-refractivity contribution in [2.45, 2.75) is 0 Å². The largest absolute Gasteiger partial charge is 0.353 e. The monoisotopic (exact) mass is 381 g/mol. The summed E-state index contributed by atoms with van der Waals surface area (Å²) >= 11 is 0. The highest BCUT2D eigenvalue weighted by Crippen LogP contribution is 2.17. The fourth-order valence-electron chi connectivity index (χ4n) is 3.53. The van der Waals surface area contributed by atoms with Crippen LogP contribution in [0.5, 0.6) is 0 Å². The maximum atomic E-state index is 13.0. The normalized spacial score (nSPS) is 17.6. The lowest BCUT2D eigenvalue weighted by Gasteiger charge is -2.35. The van der Waals surface area contributed by atoms with Crippen molar-refractivity contribution in [3.8, 4) is 0 Å². The van der Waals surface area contributed by atoms with Gasteiger partial charge in [-0.25, -0.2) is 15.0 Å². The van der Waals surface area contributed by atoms with Gasteiger partial charge in [0.05, 0.1) is 0 Å². The zero-order valence-corrected chi connectivity index (χ0v) is 15.6. The van der Waals surface area contributed by atoms with Gasteiger partial charge in [-0.2, -0.15) is 0 Å². The molecule has 9 nitrogen and oxygen atoms in total. The van der Waals surface area contributed by atoms with Crippen molar-refractivity contribution in [1.82, 2.24) is 24.8 Å². The summed E-state index contributed by atoms with van der Waals surface area (Å²) in [6.07, 6.45) is 6.02. The first kappa shape index (κ1) is 18.1. The molecule has 9 heteroatoms. The number of hydrogen-bond donors (Lipinski definition) is 0. The molecular formula is C19H23N7O2. The molecule has 2 aromatic rings. The van der Waals surface area contributed by atoms with E-state index in [0.29, 0.717) is 50.8 Å². The summed E-state index contributed by atoms with van der Waals surface area (Å²) in [4.78, 5) is 44.6. The Labute approximate surface area is 163 Å². The Bertz CT molecular complexity index is 816. The van der Waals surface area contributed by atoms with E-state index in [0.717, 1.165) is 25.3 Å². The van der Waals surface area contributed by atoms with Crippen molar-refractivity contribution < 1.29 is 9.59 Å². The van der Waals surface area contributed by atoms with E-state index in [-0.39, 0.29) is 5.91 Å². The lowest BCUT2D eigenvalue weighted by molar-refractivity contribution is -0.118. The van der Waals surface area contributed by atoms with Crippen LogP contribution in [0, 0.1) is 0 Å². The molecule has 146 valence electrons. The molecule has 28 heavy (non-hydrogen) atoms. The van der Waals surface area contributed by atoms with Crippen LogP contribution >= 0.6 is 0 Å². The summed E-state index contributed by atoms with van der Waals surface area (Å²) in [7, 11) is 0. The Balaban J connectivity index is 1.38. The van der Waals surface area contributed by atoms with Crippen molar-refractivity contribution in [1.29, 1.82) is 0 Å². The molecule has 0 aromatic carbocycles. The highest BCUT2D eigenvalue weighted by atomic mass is 16.2. The number of nitrogens with zero attached hydrogens (tertiary/aromatic N) is 7. The minimum absolute atomic E-state index is 0.0174. The summed E-state index contributed by atoms with van der Waals surface area (Å²) in [6.45, 7) is 5.47. The third-order valence-electron chi connectivity index (χ3n) is 5.18. The van der Waals surface area contributed by atoms with Crippen molar-refractivity contribution in [2.75, 3.05) is 62.2 Å². The molecular weight excluding hydrogens is 358 g/mol. The number of carbonyl (C=O) groups is 2. The molecule has 4 heterocycles. The maximum Gasteiger partial charge on any atom is 0.254 e. The molecule has 0 spiro atoms. The predicted molar refractivity (Wildman–Crippen MR) is 104 cm³/mol. The second kappa shape index (κ2) is 8.20. The highest BCUT2D eigenvalue weighted by molar-refractivity contribution is 5.95. The molecule has 0 atom stereocenters. The van der Waals surface area contributed by atoms with Gasteiger partial charge in [0.25, 0.3) is 5.91 Å². The predicted octanol–water partition coefficient (Wildman–Crippen LogP) is 0.112. The maximum absolute atomic E-state index is 13.0. The average molecular weight is 381 g/mol.